The number of carboxylic acids is 1. The fourth-order valence-electron chi connectivity index (χ4n) is 1.68. The van der Waals surface area contributed by atoms with Crippen molar-refractivity contribution in [3.05, 3.63) is 58.3 Å². The number of carboxylic acid groups (broad SMARTS) is 1. The number of carbonyl (C=O) groups is 2. The Labute approximate surface area is 130 Å². The molecule has 0 aliphatic carbocycles. The first kappa shape index (κ1) is 15.9. The highest BCUT2D eigenvalue weighted by Gasteiger charge is 2.08. The van der Waals surface area contributed by atoms with E-state index in [4.69, 9.17) is 5.11 Å². The Morgan fingerprint density at radius 2 is 1.87 bits per heavy atom. The van der Waals surface area contributed by atoms with Crippen molar-refractivity contribution in [1.29, 1.82) is 0 Å². The van der Waals surface area contributed by atoms with E-state index in [1.165, 1.54) is 24.3 Å². The van der Waals surface area contributed by atoms with Gasteiger partial charge in [-0.1, -0.05) is 0 Å². The van der Waals surface area contributed by atoms with Crippen LogP contribution < -0.4 is 10.6 Å². The van der Waals surface area contributed by atoms with Gasteiger partial charge in [-0.15, -0.1) is 0 Å². The van der Waals surface area contributed by atoms with Crippen LogP contribution in [0.4, 0.5) is 17.2 Å². The molecule has 9 heteroatoms. The molecule has 0 fully saturated rings. The summed E-state index contributed by atoms with van der Waals surface area (Å²) in [5.74, 6) is -1.20. The highest BCUT2D eigenvalue weighted by Crippen LogP contribution is 2.17. The second-order valence-electron chi connectivity index (χ2n) is 4.44. The maximum atomic E-state index is 11.6. The fraction of sp³-hybridized carbons (Fsp3) is 0.0714. The Morgan fingerprint density at radius 3 is 2.39 bits per heavy atom. The summed E-state index contributed by atoms with van der Waals surface area (Å²) < 4.78 is 0. The van der Waals surface area contributed by atoms with Crippen LogP contribution in [0.5, 0.6) is 0 Å². The Morgan fingerprint density at radius 1 is 1.17 bits per heavy atom. The third-order valence-electron chi connectivity index (χ3n) is 2.78. The molecule has 0 radical (unpaired) electrons. The number of pyridine rings is 1. The van der Waals surface area contributed by atoms with Crippen LogP contribution in [-0.2, 0) is 4.79 Å². The van der Waals surface area contributed by atoms with Crippen molar-refractivity contribution < 1.29 is 19.6 Å². The zero-order chi connectivity index (χ0) is 16.8. The molecule has 0 spiro atoms. The number of nitrogens with one attached hydrogen (secondary N) is 2. The largest absolute Gasteiger partial charge is 0.480 e. The standard InChI is InChI=1S/C14H12N4O5/c19-13(20)8-16-14(21)9-1-3-10(4-2-9)17-12-6-5-11(7-15-12)18(22)23/h1-7H,8H2,(H,15,17)(H,16,21)(H,19,20). The smallest absolute Gasteiger partial charge is 0.322 e. The maximum absolute atomic E-state index is 11.6. The molecular weight excluding hydrogens is 304 g/mol. The van der Waals surface area contributed by atoms with Crippen LogP contribution in [0, 0.1) is 10.1 Å². The number of aliphatic carboxylic acids is 1. The zero-order valence-electron chi connectivity index (χ0n) is 11.7. The highest BCUT2D eigenvalue weighted by atomic mass is 16.6. The topological polar surface area (TPSA) is 134 Å². The van der Waals surface area contributed by atoms with E-state index >= 15 is 0 Å². The average molecular weight is 316 g/mol. The molecule has 2 rings (SSSR count). The molecule has 0 bridgehead atoms. The normalized spacial score (nSPS) is 9.91. The SMILES string of the molecule is O=C(O)CNC(=O)c1ccc(Nc2ccc([N+](=O)[O-])cn2)cc1. The summed E-state index contributed by atoms with van der Waals surface area (Å²) >= 11 is 0. The highest BCUT2D eigenvalue weighted by molar-refractivity contribution is 5.96. The molecular formula is C14H12N4O5. The van der Waals surface area contributed by atoms with Crippen molar-refractivity contribution in [3.63, 3.8) is 0 Å². The van der Waals surface area contributed by atoms with Gasteiger partial charge in [-0.25, -0.2) is 4.98 Å². The van der Waals surface area contributed by atoms with Crippen LogP contribution in [0.2, 0.25) is 0 Å². The zero-order valence-corrected chi connectivity index (χ0v) is 11.7. The first-order chi connectivity index (χ1) is 11.0. The quantitative estimate of drug-likeness (QED) is 0.543. The Hall–Kier alpha value is -3.49. The summed E-state index contributed by atoms with van der Waals surface area (Å²) in [5, 5.41) is 24.2. The molecule has 0 saturated carbocycles. The van der Waals surface area contributed by atoms with Gasteiger partial charge in [0.15, 0.2) is 0 Å². The summed E-state index contributed by atoms with van der Waals surface area (Å²) in [6.45, 7) is -0.453. The van der Waals surface area contributed by atoms with E-state index < -0.39 is 23.3 Å². The number of hydrogen-bond acceptors (Lipinski definition) is 6. The van der Waals surface area contributed by atoms with Crippen LogP contribution in [0.1, 0.15) is 10.4 Å². The molecule has 3 N–H and O–H groups in total. The fourth-order valence-corrected chi connectivity index (χ4v) is 1.68. The minimum Gasteiger partial charge on any atom is -0.480 e. The number of benzene rings is 1. The average Bonchev–Trinajstić information content (AvgIpc) is 2.54. The van der Waals surface area contributed by atoms with Gasteiger partial charge in [0.05, 0.1) is 4.92 Å². The van der Waals surface area contributed by atoms with Gasteiger partial charge in [0.1, 0.15) is 18.6 Å². The number of rotatable bonds is 6. The molecule has 0 unspecified atom stereocenters. The van der Waals surface area contributed by atoms with E-state index in [0.29, 0.717) is 17.1 Å². The summed E-state index contributed by atoms with van der Waals surface area (Å²) in [6.07, 6.45) is 1.13. The van der Waals surface area contributed by atoms with Gasteiger partial charge >= 0.3 is 5.97 Å². The van der Waals surface area contributed by atoms with Crippen LogP contribution in [0.3, 0.4) is 0 Å². The molecule has 1 aromatic carbocycles. The maximum Gasteiger partial charge on any atom is 0.322 e. The van der Waals surface area contributed by atoms with E-state index in [-0.39, 0.29) is 5.69 Å². The van der Waals surface area contributed by atoms with E-state index in [9.17, 15) is 19.7 Å². The molecule has 2 aromatic rings. The van der Waals surface area contributed by atoms with Gasteiger partial charge in [-0.05, 0) is 30.3 Å². The number of hydrogen-bond donors (Lipinski definition) is 3. The van der Waals surface area contributed by atoms with E-state index in [2.05, 4.69) is 15.6 Å². The summed E-state index contributed by atoms with van der Waals surface area (Å²) in [5.41, 5.74) is 0.829. The first-order valence-electron chi connectivity index (χ1n) is 6.43. The van der Waals surface area contributed by atoms with Crippen LogP contribution >= 0.6 is 0 Å². The first-order valence-corrected chi connectivity index (χ1v) is 6.43. The Bertz CT molecular complexity index is 728. The summed E-state index contributed by atoms with van der Waals surface area (Å²) in [4.78, 5) is 35.9. The monoisotopic (exact) mass is 316 g/mol. The van der Waals surface area contributed by atoms with E-state index in [1.54, 1.807) is 12.1 Å². The molecule has 23 heavy (non-hydrogen) atoms. The Balaban J connectivity index is 2.00. The molecule has 0 aliphatic heterocycles. The van der Waals surface area contributed by atoms with Crippen LogP contribution in [-0.4, -0.2) is 33.4 Å². The minimum atomic E-state index is -1.12. The molecule has 0 atom stereocenters. The lowest BCUT2D eigenvalue weighted by Gasteiger charge is -2.07. The second kappa shape index (κ2) is 6.98. The molecule has 0 aliphatic rings. The van der Waals surface area contributed by atoms with Gasteiger partial charge < -0.3 is 15.7 Å². The van der Waals surface area contributed by atoms with Gasteiger partial charge in [0.25, 0.3) is 11.6 Å². The number of nitrogens with zero attached hydrogens (tertiary/aromatic N) is 2. The summed E-state index contributed by atoms with van der Waals surface area (Å²) in [7, 11) is 0. The van der Waals surface area contributed by atoms with Gasteiger partial charge in [0, 0.05) is 17.3 Å². The number of anilines is 2. The van der Waals surface area contributed by atoms with Crippen molar-refractivity contribution in [1.82, 2.24) is 10.3 Å². The van der Waals surface area contributed by atoms with Gasteiger partial charge in [-0.2, -0.15) is 0 Å². The van der Waals surface area contributed by atoms with Crippen molar-refractivity contribution in [3.8, 4) is 0 Å². The van der Waals surface area contributed by atoms with Crippen molar-refractivity contribution >= 4 is 29.1 Å². The van der Waals surface area contributed by atoms with Crippen molar-refractivity contribution in [2.45, 2.75) is 0 Å². The number of amides is 1. The lowest BCUT2D eigenvalue weighted by atomic mass is 10.2. The van der Waals surface area contributed by atoms with E-state index in [1.807, 2.05) is 0 Å². The van der Waals surface area contributed by atoms with Crippen LogP contribution in [0.15, 0.2) is 42.6 Å². The molecule has 1 heterocycles. The molecule has 9 nitrogen and oxygen atoms in total. The third-order valence-corrected chi connectivity index (χ3v) is 2.78. The number of carbonyl (C=O) groups excluding carboxylic acids is 1. The summed E-state index contributed by atoms with van der Waals surface area (Å²) in [6, 6.07) is 9.04. The predicted octanol–water partition coefficient (Wildman–Crippen LogP) is 1.55. The number of nitro groups is 1. The second-order valence-corrected chi connectivity index (χ2v) is 4.44. The third kappa shape index (κ3) is 4.49. The van der Waals surface area contributed by atoms with Crippen molar-refractivity contribution in [2.75, 3.05) is 11.9 Å². The Kier molecular flexibility index (Phi) is 4.82. The molecule has 1 aromatic heterocycles. The molecule has 118 valence electrons. The van der Waals surface area contributed by atoms with E-state index in [0.717, 1.165) is 6.20 Å². The number of aromatic nitrogens is 1. The van der Waals surface area contributed by atoms with Crippen LogP contribution in [0.25, 0.3) is 0 Å². The van der Waals surface area contributed by atoms with Gasteiger partial charge in [-0.3, -0.25) is 19.7 Å². The lowest BCUT2D eigenvalue weighted by Crippen LogP contribution is -2.29. The van der Waals surface area contributed by atoms with Crippen molar-refractivity contribution in [2.24, 2.45) is 0 Å². The predicted molar refractivity (Wildman–Crippen MR) is 80.6 cm³/mol. The lowest BCUT2D eigenvalue weighted by molar-refractivity contribution is -0.385. The molecule has 1 amide bonds. The minimum absolute atomic E-state index is 0.110. The molecule has 0 saturated heterocycles. The van der Waals surface area contributed by atoms with Gasteiger partial charge in [0.2, 0.25) is 0 Å².